The molecule has 1 unspecified atom stereocenters. The quantitative estimate of drug-likeness (QED) is 0.638. The van der Waals surface area contributed by atoms with Gasteiger partial charge in [-0.25, -0.2) is 4.79 Å². The van der Waals surface area contributed by atoms with Crippen LogP contribution in [0.2, 0.25) is 0 Å². The van der Waals surface area contributed by atoms with Gasteiger partial charge in [-0.3, -0.25) is 9.59 Å². The standard InChI is InChI=1S/C18H22N2O4/c1-13(21)19-15-10-6-3-7-11-17(22)20-16(12-24-18(15)23)14-8-4-2-5-9-14/h2-6,8-9,15-16H,7,10-12H2,1H3,(H,19,21)(H,20,22)/b6-3+/t15-,16?/m0/s1. The van der Waals surface area contributed by atoms with Crippen LogP contribution in [0.1, 0.15) is 37.8 Å². The van der Waals surface area contributed by atoms with Gasteiger partial charge in [0.2, 0.25) is 11.8 Å². The Bertz CT molecular complexity index is 613. The molecular formula is C18H22N2O4. The van der Waals surface area contributed by atoms with Gasteiger partial charge in [-0.15, -0.1) is 0 Å². The van der Waals surface area contributed by atoms with Crippen molar-refractivity contribution in [2.24, 2.45) is 0 Å². The number of nitrogens with one attached hydrogen (secondary N) is 2. The molecule has 2 rings (SSSR count). The second kappa shape index (κ2) is 8.86. The van der Waals surface area contributed by atoms with Gasteiger partial charge in [0, 0.05) is 13.3 Å². The van der Waals surface area contributed by atoms with Crippen molar-refractivity contribution in [3.63, 3.8) is 0 Å². The van der Waals surface area contributed by atoms with E-state index in [1.165, 1.54) is 6.92 Å². The molecule has 1 aliphatic rings. The molecule has 0 aromatic heterocycles. The molecule has 2 amide bonds. The number of ether oxygens (including phenoxy) is 1. The van der Waals surface area contributed by atoms with Crippen molar-refractivity contribution in [1.82, 2.24) is 10.6 Å². The van der Waals surface area contributed by atoms with E-state index in [0.29, 0.717) is 19.3 Å². The van der Waals surface area contributed by atoms with Gasteiger partial charge < -0.3 is 15.4 Å². The molecule has 6 nitrogen and oxygen atoms in total. The zero-order chi connectivity index (χ0) is 17.4. The summed E-state index contributed by atoms with van der Waals surface area (Å²) in [6.45, 7) is 1.38. The normalized spacial score (nSPS) is 23.9. The van der Waals surface area contributed by atoms with Gasteiger partial charge >= 0.3 is 5.97 Å². The molecule has 1 aromatic rings. The smallest absolute Gasteiger partial charge is 0.329 e. The Kier molecular flexibility index (Phi) is 6.54. The summed E-state index contributed by atoms with van der Waals surface area (Å²) in [7, 11) is 0. The molecule has 0 aliphatic carbocycles. The highest BCUT2D eigenvalue weighted by Gasteiger charge is 2.23. The van der Waals surface area contributed by atoms with E-state index in [1.807, 2.05) is 36.4 Å². The average Bonchev–Trinajstić information content (AvgIpc) is 2.56. The number of rotatable bonds is 2. The summed E-state index contributed by atoms with van der Waals surface area (Å²) in [5.74, 6) is -0.889. The number of benzene rings is 1. The highest BCUT2D eigenvalue weighted by Crippen LogP contribution is 2.15. The lowest BCUT2D eigenvalue weighted by Gasteiger charge is -2.22. The number of hydrogen-bond acceptors (Lipinski definition) is 4. The van der Waals surface area contributed by atoms with Crippen molar-refractivity contribution in [2.75, 3.05) is 6.61 Å². The highest BCUT2D eigenvalue weighted by atomic mass is 16.5. The Balaban J connectivity index is 2.15. The van der Waals surface area contributed by atoms with Crippen LogP contribution in [0.5, 0.6) is 0 Å². The van der Waals surface area contributed by atoms with Crippen molar-refractivity contribution >= 4 is 17.8 Å². The van der Waals surface area contributed by atoms with E-state index in [2.05, 4.69) is 10.6 Å². The molecule has 1 heterocycles. The summed E-state index contributed by atoms with van der Waals surface area (Å²) < 4.78 is 5.34. The van der Waals surface area contributed by atoms with E-state index in [0.717, 1.165) is 5.56 Å². The lowest BCUT2D eigenvalue weighted by molar-refractivity contribution is -0.148. The summed E-state index contributed by atoms with van der Waals surface area (Å²) in [5.41, 5.74) is 0.863. The molecule has 1 aliphatic heterocycles. The predicted molar refractivity (Wildman–Crippen MR) is 88.9 cm³/mol. The average molecular weight is 330 g/mol. The molecule has 0 bridgehead atoms. The van der Waals surface area contributed by atoms with E-state index < -0.39 is 18.1 Å². The lowest BCUT2D eigenvalue weighted by atomic mass is 10.1. The first kappa shape index (κ1) is 17.7. The highest BCUT2D eigenvalue weighted by molar-refractivity contribution is 5.83. The van der Waals surface area contributed by atoms with Crippen LogP contribution in [0.25, 0.3) is 0 Å². The minimum atomic E-state index is -0.717. The van der Waals surface area contributed by atoms with Crippen molar-refractivity contribution in [2.45, 2.75) is 38.3 Å². The Morgan fingerprint density at radius 1 is 1.21 bits per heavy atom. The largest absolute Gasteiger partial charge is 0.462 e. The first-order valence-electron chi connectivity index (χ1n) is 7.99. The topological polar surface area (TPSA) is 84.5 Å². The maximum absolute atomic E-state index is 12.2. The van der Waals surface area contributed by atoms with Gasteiger partial charge in [-0.1, -0.05) is 42.5 Å². The van der Waals surface area contributed by atoms with Crippen molar-refractivity contribution < 1.29 is 19.1 Å². The number of cyclic esters (lactones) is 1. The molecule has 0 fully saturated rings. The maximum atomic E-state index is 12.2. The number of esters is 1. The lowest BCUT2D eigenvalue weighted by Crippen LogP contribution is -2.42. The molecule has 24 heavy (non-hydrogen) atoms. The third-order valence-electron chi connectivity index (χ3n) is 3.67. The van der Waals surface area contributed by atoms with Gasteiger partial charge in [0.25, 0.3) is 0 Å². The Morgan fingerprint density at radius 2 is 1.96 bits per heavy atom. The fourth-order valence-electron chi connectivity index (χ4n) is 2.46. The van der Waals surface area contributed by atoms with E-state index in [4.69, 9.17) is 4.74 Å². The summed E-state index contributed by atoms with van der Waals surface area (Å²) >= 11 is 0. The van der Waals surface area contributed by atoms with Crippen molar-refractivity contribution in [3.8, 4) is 0 Å². The van der Waals surface area contributed by atoms with Crippen LogP contribution in [0.15, 0.2) is 42.5 Å². The molecule has 2 atom stereocenters. The maximum Gasteiger partial charge on any atom is 0.329 e. The van der Waals surface area contributed by atoms with Crippen LogP contribution in [0.3, 0.4) is 0 Å². The SMILES string of the molecule is CC(=O)N[C@H]1C/C=C/CCC(=O)NC(c2ccccc2)COC1=O. The molecule has 2 N–H and O–H groups in total. The predicted octanol–water partition coefficient (Wildman–Crippen LogP) is 1.63. The zero-order valence-corrected chi connectivity index (χ0v) is 13.7. The first-order valence-corrected chi connectivity index (χ1v) is 7.99. The summed E-state index contributed by atoms with van der Waals surface area (Å²) in [4.78, 5) is 35.5. The van der Waals surface area contributed by atoms with Gasteiger partial charge in [-0.2, -0.15) is 0 Å². The second-order valence-corrected chi connectivity index (χ2v) is 5.66. The molecule has 0 saturated heterocycles. The number of allylic oxidation sites excluding steroid dienone is 1. The van der Waals surface area contributed by atoms with Gasteiger partial charge in [0.15, 0.2) is 0 Å². The van der Waals surface area contributed by atoms with Crippen LogP contribution < -0.4 is 10.6 Å². The first-order chi connectivity index (χ1) is 11.6. The Morgan fingerprint density at radius 3 is 2.67 bits per heavy atom. The Labute approximate surface area is 141 Å². The van der Waals surface area contributed by atoms with Gasteiger partial charge in [0.05, 0.1) is 6.04 Å². The molecule has 128 valence electrons. The summed E-state index contributed by atoms with van der Waals surface area (Å²) in [6, 6.07) is 8.22. The summed E-state index contributed by atoms with van der Waals surface area (Å²) in [6.07, 6.45) is 4.90. The molecule has 0 spiro atoms. The number of carbonyl (C=O) groups is 3. The van der Waals surface area contributed by atoms with E-state index in [-0.39, 0.29) is 18.4 Å². The zero-order valence-electron chi connectivity index (χ0n) is 13.7. The minimum absolute atomic E-state index is 0.0222. The van der Waals surface area contributed by atoms with Crippen LogP contribution in [0.4, 0.5) is 0 Å². The fourth-order valence-corrected chi connectivity index (χ4v) is 2.46. The van der Waals surface area contributed by atoms with E-state index >= 15 is 0 Å². The van der Waals surface area contributed by atoms with E-state index in [1.54, 1.807) is 6.08 Å². The number of hydrogen-bond donors (Lipinski definition) is 2. The molecular weight excluding hydrogens is 308 g/mol. The third-order valence-corrected chi connectivity index (χ3v) is 3.67. The van der Waals surface area contributed by atoms with Crippen LogP contribution in [0, 0.1) is 0 Å². The molecule has 1 aromatic carbocycles. The second-order valence-electron chi connectivity index (χ2n) is 5.66. The minimum Gasteiger partial charge on any atom is -0.462 e. The van der Waals surface area contributed by atoms with Crippen LogP contribution >= 0.6 is 0 Å². The van der Waals surface area contributed by atoms with Gasteiger partial charge in [0.1, 0.15) is 12.6 Å². The number of amides is 2. The number of carbonyl (C=O) groups excluding carboxylic acids is 3. The third kappa shape index (κ3) is 5.53. The van der Waals surface area contributed by atoms with Crippen LogP contribution in [-0.2, 0) is 19.1 Å². The molecule has 6 heteroatoms. The van der Waals surface area contributed by atoms with Gasteiger partial charge in [-0.05, 0) is 18.4 Å². The molecule has 0 saturated carbocycles. The monoisotopic (exact) mass is 330 g/mol. The fraction of sp³-hybridized carbons (Fsp3) is 0.389. The Hall–Kier alpha value is -2.63. The van der Waals surface area contributed by atoms with Crippen LogP contribution in [-0.4, -0.2) is 30.4 Å². The summed E-state index contributed by atoms with van der Waals surface area (Å²) in [5, 5.41) is 5.48. The van der Waals surface area contributed by atoms with E-state index in [9.17, 15) is 14.4 Å². The van der Waals surface area contributed by atoms with Crippen molar-refractivity contribution in [3.05, 3.63) is 48.0 Å². The van der Waals surface area contributed by atoms with Crippen molar-refractivity contribution in [1.29, 1.82) is 0 Å². The molecule has 0 radical (unpaired) electrons.